The molecule has 76 valence electrons. The van der Waals surface area contributed by atoms with Crippen LogP contribution in [0, 0.1) is 0 Å². The van der Waals surface area contributed by atoms with Crippen molar-refractivity contribution in [3.05, 3.63) is 29.3 Å². The zero-order chi connectivity index (χ0) is 10.4. The third-order valence-corrected chi connectivity index (χ3v) is 2.18. The van der Waals surface area contributed by atoms with Gasteiger partial charge in [0.1, 0.15) is 12.0 Å². The molecular weight excluding hydrogens is 200 g/mol. The van der Waals surface area contributed by atoms with Gasteiger partial charge in [-0.3, -0.25) is 0 Å². The Kier molecular flexibility index (Phi) is 4.47. The molecule has 0 fully saturated rings. The van der Waals surface area contributed by atoms with Gasteiger partial charge < -0.3 is 9.53 Å². The molecule has 0 N–H and O–H groups in total. The van der Waals surface area contributed by atoms with Crippen molar-refractivity contribution in [2.24, 2.45) is 0 Å². The number of rotatable bonds is 5. The van der Waals surface area contributed by atoms with E-state index < -0.39 is 0 Å². The fourth-order valence-corrected chi connectivity index (χ4v) is 1.47. The van der Waals surface area contributed by atoms with Crippen LogP contribution in [-0.2, 0) is 17.1 Å². The van der Waals surface area contributed by atoms with E-state index in [1.54, 1.807) is 0 Å². The van der Waals surface area contributed by atoms with Gasteiger partial charge in [0.15, 0.2) is 0 Å². The van der Waals surface area contributed by atoms with Crippen LogP contribution >= 0.6 is 11.6 Å². The molecule has 1 rings (SSSR count). The van der Waals surface area contributed by atoms with E-state index in [4.69, 9.17) is 16.3 Å². The van der Waals surface area contributed by atoms with Crippen LogP contribution < -0.4 is 4.74 Å². The monoisotopic (exact) mass is 212 g/mol. The average Bonchev–Trinajstić information content (AvgIpc) is 2.21. The number of ether oxygens (including phenoxy) is 1. The molecule has 0 unspecified atom stereocenters. The van der Waals surface area contributed by atoms with Crippen LogP contribution in [0.1, 0.15) is 18.1 Å². The Balaban J connectivity index is 2.92. The zero-order valence-corrected chi connectivity index (χ0v) is 8.88. The van der Waals surface area contributed by atoms with Gasteiger partial charge in [-0.1, -0.05) is 12.1 Å². The lowest BCUT2D eigenvalue weighted by Gasteiger charge is -2.08. The average molecular weight is 213 g/mol. The summed E-state index contributed by atoms with van der Waals surface area (Å²) in [5.74, 6) is 1.21. The lowest BCUT2D eigenvalue weighted by Crippen LogP contribution is -1.97. The summed E-state index contributed by atoms with van der Waals surface area (Å²) in [6, 6.07) is 5.65. The first-order valence-electron chi connectivity index (χ1n) is 4.56. The second-order valence-electron chi connectivity index (χ2n) is 2.88. The lowest BCUT2D eigenvalue weighted by molar-refractivity contribution is -0.107. The van der Waals surface area contributed by atoms with Gasteiger partial charge in [-0.15, -0.1) is 11.6 Å². The predicted octanol–water partition coefficient (Wildman–Crippen LogP) is 2.57. The topological polar surface area (TPSA) is 26.3 Å². The van der Waals surface area contributed by atoms with Gasteiger partial charge in [0.25, 0.3) is 0 Å². The smallest absolute Gasteiger partial charge is 0.124 e. The van der Waals surface area contributed by atoms with Gasteiger partial charge in [-0.25, -0.2) is 0 Å². The molecule has 1 aromatic carbocycles. The van der Waals surface area contributed by atoms with E-state index in [9.17, 15) is 4.79 Å². The van der Waals surface area contributed by atoms with Gasteiger partial charge in [-0.05, 0) is 18.6 Å². The maximum Gasteiger partial charge on any atom is 0.124 e. The van der Waals surface area contributed by atoms with Crippen LogP contribution in [0.3, 0.4) is 0 Å². The highest BCUT2D eigenvalue weighted by Gasteiger charge is 2.03. The SMILES string of the molecule is CCOc1ccc(CC=O)cc1CCl. The maximum absolute atomic E-state index is 10.3. The van der Waals surface area contributed by atoms with Gasteiger partial charge in [0.2, 0.25) is 0 Å². The molecule has 14 heavy (non-hydrogen) atoms. The number of carbonyl (C=O) groups excluding carboxylic acids is 1. The number of alkyl halides is 1. The Bertz CT molecular complexity index is 310. The van der Waals surface area contributed by atoms with Crippen LogP contribution in [0.25, 0.3) is 0 Å². The summed E-state index contributed by atoms with van der Waals surface area (Å²) in [4.78, 5) is 10.3. The summed E-state index contributed by atoms with van der Waals surface area (Å²) in [5.41, 5.74) is 1.91. The summed E-state index contributed by atoms with van der Waals surface area (Å²) < 4.78 is 5.39. The summed E-state index contributed by atoms with van der Waals surface area (Å²) in [5, 5.41) is 0. The molecule has 0 aliphatic carbocycles. The van der Waals surface area contributed by atoms with E-state index in [2.05, 4.69) is 0 Å². The molecule has 0 aliphatic rings. The van der Waals surface area contributed by atoms with Crippen molar-refractivity contribution in [3.63, 3.8) is 0 Å². The first-order chi connectivity index (χ1) is 6.81. The first kappa shape index (κ1) is 11.1. The normalized spacial score (nSPS) is 9.86. The summed E-state index contributed by atoms with van der Waals surface area (Å²) in [6.07, 6.45) is 1.31. The highest BCUT2D eigenvalue weighted by Crippen LogP contribution is 2.22. The van der Waals surface area contributed by atoms with Crippen LogP contribution in [0.15, 0.2) is 18.2 Å². The molecule has 3 heteroatoms. The third-order valence-electron chi connectivity index (χ3n) is 1.89. The Morgan fingerprint density at radius 1 is 1.50 bits per heavy atom. The number of hydrogen-bond donors (Lipinski definition) is 0. The molecule has 0 aliphatic heterocycles. The summed E-state index contributed by atoms with van der Waals surface area (Å²) >= 11 is 5.77. The van der Waals surface area contributed by atoms with E-state index in [-0.39, 0.29) is 0 Å². The van der Waals surface area contributed by atoms with Crippen molar-refractivity contribution >= 4 is 17.9 Å². The molecule has 0 amide bonds. The number of hydrogen-bond acceptors (Lipinski definition) is 2. The van der Waals surface area contributed by atoms with Crippen LogP contribution in [0.2, 0.25) is 0 Å². The van der Waals surface area contributed by atoms with Crippen molar-refractivity contribution in [1.29, 1.82) is 0 Å². The molecule has 0 saturated heterocycles. The van der Waals surface area contributed by atoms with Gasteiger partial charge >= 0.3 is 0 Å². The molecule has 0 aromatic heterocycles. The van der Waals surface area contributed by atoms with Crippen molar-refractivity contribution in [1.82, 2.24) is 0 Å². The molecule has 0 radical (unpaired) electrons. The van der Waals surface area contributed by atoms with Crippen molar-refractivity contribution in [3.8, 4) is 5.75 Å². The molecule has 0 saturated carbocycles. The number of halogens is 1. The summed E-state index contributed by atoms with van der Waals surface area (Å²) in [7, 11) is 0. The second kappa shape index (κ2) is 5.66. The van der Waals surface area contributed by atoms with Crippen molar-refractivity contribution in [2.45, 2.75) is 19.2 Å². The Morgan fingerprint density at radius 2 is 2.29 bits per heavy atom. The number of benzene rings is 1. The minimum Gasteiger partial charge on any atom is -0.494 e. The quantitative estimate of drug-likeness (QED) is 0.554. The van der Waals surface area contributed by atoms with E-state index >= 15 is 0 Å². The lowest BCUT2D eigenvalue weighted by atomic mass is 10.1. The molecule has 0 heterocycles. The second-order valence-corrected chi connectivity index (χ2v) is 3.15. The molecule has 0 bridgehead atoms. The van der Waals surface area contributed by atoms with E-state index in [1.165, 1.54) is 0 Å². The molecular formula is C11H13ClO2. The predicted molar refractivity (Wildman–Crippen MR) is 56.9 cm³/mol. The van der Waals surface area contributed by atoms with E-state index in [1.807, 2.05) is 25.1 Å². The fourth-order valence-electron chi connectivity index (χ4n) is 1.26. The Hall–Kier alpha value is -1.02. The maximum atomic E-state index is 10.3. The van der Waals surface area contributed by atoms with Crippen LogP contribution in [-0.4, -0.2) is 12.9 Å². The standard InChI is InChI=1S/C11H13ClO2/c1-2-14-11-4-3-9(5-6-13)7-10(11)8-12/h3-4,6-7H,2,5,8H2,1H3. The number of aldehydes is 1. The van der Waals surface area contributed by atoms with E-state index in [0.717, 1.165) is 23.2 Å². The zero-order valence-electron chi connectivity index (χ0n) is 8.13. The van der Waals surface area contributed by atoms with Crippen LogP contribution in [0.4, 0.5) is 0 Å². The van der Waals surface area contributed by atoms with Gasteiger partial charge in [-0.2, -0.15) is 0 Å². The van der Waals surface area contributed by atoms with Gasteiger partial charge in [0, 0.05) is 12.0 Å². The van der Waals surface area contributed by atoms with Gasteiger partial charge in [0.05, 0.1) is 12.5 Å². The first-order valence-corrected chi connectivity index (χ1v) is 5.09. The highest BCUT2D eigenvalue weighted by atomic mass is 35.5. The number of carbonyl (C=O) groups is 1. The minimum atomic E-state index is 0.405. The third kappa shape index (κ3) is 2.74. The fraction of sp³-hybridized carbons (Fsp3) is 0.364. The molecule has 1 aromatic rings. The Labute approximate surface area is 88.8 Å². The largest absolute Gasteiger partial charge is 0.494 e. The van der Waals surface area contributed by atoms with Crippen molar-refractivity contribution in [2.75, 3.05) is 6.61 Å². The van der Waals surface area contributed by atoms with Crippen molar-refractivity contribution < 1.29 is 9.53 Å². The molecule has 0 atom stereocenters. The Morgan fingerprint density at radius 3 is 2.86 bits per heavy atom. The van der Waals surface area contributed by atoms with Crippen LogP contribution in [0.5, 0.6) is 5.75 Å². The minimum absolute atomic E-state index is 0.405. The highest BCUT2D eigenvalue weighted by molar-refractivity contribution is 6.17. The molecule has 2 nitrogen and oxygen atoms in total. The summed E-state index contributed by atoms with van der Waals surface area (Å²) in [6.45, 7) is 2.55. The van der Waals surface area contributed by atoms with E-state index in [0.29, 0.717) is 18.9 Å². The molecule has 0 spiro atoms.